The molecule has 0 spiro atoms. The number of hydrogen-bond acceptors (Lipinski definition) is 3. The summed E-state index contributed by atoms with van der Waals surface area (Å²) >= 11 is 0. The van der Waals surface area contributed by atoms with E-state index >= 15 is 0 Å². The van der Waals surface area contributed by atoms with E-state index in [9.17, 15) is 0 Å². The summed E-state index contributed by atoms with van der Waals surface area (Å²) in [7, 11) is 1.70. The van der Waals surface area contributed by atoms with Crippen molar-refractivity contribution >= 4 is 0 Å². The SMILES string of the molecule is COc1ccc(C(C)CN2CCC(CO)CC2)cc1. The Bertz CT molecular complexity index is 369. The van der Waals surface area contributed by atoms with Gasteiger partial charge in [-0.05, 0) is 55.5 Å². The Kier molecular flexibility index (Phi) is 5.23. The largest absolute Gasteiger partial charge is 0.497 e. The zero-order valence-corrected chi connectivity index (χ0v) is 12.0. The first-order chi connectivity index (χ1) is 9.22. The van der Waals surface area contributed by atoms with Crippen molar-refractivity contribution in [2.45, 2.75) is 25.7 Å². The van der Waals surface area contributed by atoms with Gasteiger partial charge >= 0.3 is 0 Å². The molecule has 1 aliphatic heterocycles. The molecule has 1 N–H and O–H groups in total. The molecule has 1 aliphatic rings. The number of piperidine rings is 1. The van der Waals surface area contributed by atoms with E-state index in [1.165, 1.54) is 5.56 Å². The Morgan fingerprint density at radius 3 is 2.42 bits per heavy atom. The van der Waals surface area contributed by atoms with Gasteiger partial charge in [0, 0.05) is 13.2 Å². The molecule has 1 saturated heterocycles. The highest BCUT2D eigenvalue weighted by Crippen LogP contribution is 2.23. The minimum absolute atomic E-state index is 0.349. The number of aliphatic hydroxyl groups is 1. The lowest BCUT2D eigenvalue weighted by molar-refractivity contribution is 0.128. The number of likely N-dealkylation sites (tertiary alicyclic amines) is 1. The molecule has 0 aromatic heterocycles. The molecule has 0 bridgehead atoms. The zero-order valence-electron chi connectivity index (χ0n) is 12.0. The van der Waals surface area contributed by atoms with Crippen LogP contribution in [0.2, 0.25) is 0 Å². The van der Waals surface area contributed by atoms with E-state index in [1.807, 2.05) is 12.1 Å². The first kappa shape index (κ1) is 14.4. The van der Waals surface area contributed by atoms with Crippen LogP contribution in [0.5, 0.6) is 5.75 Å². The second kappa shape index (κ2) is 6.92. The Balaban J connectivity index is 1.85. The van der Waals surface area contributed by atoms with Crippen molar-refractivity contribution in [2.75, 3.05) is 33.4 Å². The molecule has 3 heteroatoms. The van der Waals surface area contributed by atoms with E-state index in [1.54, 1.807) is 7.11 Å². The standard InChI is InChI=1S/C16H25NO2/c1-13(15-3-5-16(19-2)6-4-15)11-17-9-7-14(12-18)8-10-17/h3-6,13-14,18H,7-12H2,1-2H3. The third-order valence-electron chi connectivity index (χ3n) is 4.18. The van der Waals surface area contributed by atoms with Crippen molar-refractivity contribution in [3.8, 4) is 5.75 Å². The smallest absolute Gasteiger partial charge is 0.118 e. The molecule has 1 aromatic carbocycles. The highest BCUT2D eigenvalue weighted by Gasteiger charge is 2.20. The van der Waals surface area contributed by atoms with Crippen molar-refractivity contribution in [2.24, 2.45) is 5.92 Å². The molecule has 1 fully saturated rings. The molecule has 1 aromatic rings. The van der Waals surface area contributed by atoms with Gasteiger partial charge in [0.1, 0.15) is 5.75 Å². The Morgan fingerprint density at radius 1 is 1.26 bits per heavy atom. The first-order valence-electron chi connectivity index (χ1n) is 7.20. The van der Waals surface area contributed by atoms with Gasteiger partial charge in [0.15, 0.2) is 0 Å². The predicted molar refractivity (Wildman–Crippen MR) is 77.7 cm³/mol. The fourth-order valence-electron chi connectivity index (χ4n) is 2.78. The third-order valence-corrected chi connectivity index (χ3v) is 4.18. The van der Waals surface area contributed by atoms with Crippen LogP contribution in [0, 0.1) is 5.92 Å². The molecule has 1 unspecified atom stereocenters. The predicted octanol–water partition coefficient (Wildman–Crippen LogP) is 2.50. The van der Waals surface area contributed by atoms with Gasteiger partial charge in [-0.3, -0.25) is 0 Å². The molecule has 0 aliphatic carbocycles. The second-order valence-corrected chi connectivity index (χ2v) is 5.60. The lowest BCUT2D eigenvalue weighted by Crippen LogP contribution is -2.36. The minimum Gasteiger partial charge on any atom is -0.497 e. The van der Waals surface area contributed by atoms with Gasteiger partial charge in [0.2, 0.25) is 0 Å². The van der Waals surface area contributed by atoms with Gasteiger partial charge in [-0.25, -0.2) is 0 Å². The van der Waals surface area contributed by atoms with Crippen LogP contribution in [-0.2, 0) is 0 Å². The van der Waals surface area contributed by atoms with Gasteiger partial charge < -0.3 is 14.7 Å². The van der Waals surface area contributed by atoms with E-state index in [2.05, 4.69) is 24.0 Å². The fraction of sp³-hybridized carbons (Fsp3) is 0.625. The van der Waals surface area contributed by atoms with Crippen LogP contribution < -0.4 is 4.74 Å². The molecule has 0 amide bonds. The van der Waals surface area contributed by atoms with E-state index in [0.29, 0.717) is 18.4 Å². The summed E-state index contributed by atoms with van der Waals surface area (Å²) in [6, 6.07) is 8.38. The van der Waals surface area contributed by atoms with Crippen LogP contribution in [0.15, 0.2) is 24.3 Å². The van der Waals surface area contributed by atoms with Gasteiger partial charge in [-0.2, -0.15) is 0 Å². The molecule has 0 saturated carbocycles. The molecule has 19 heavy (non-hydrogen) atoms. The molecule has 1 heterocycles. The monoisotopic (exact) mass is 263 g/mol. The average molecular weight is 263 g/mol. The van der Waals surface area contributed by atoms with E-state index in [-0.39, 0.29) is 0 Å². The highest BCUT2D eigenvalue weighted by molar-refractivity contribution is 5.29. The average Bonchev–Trinajstić information content (AvgIpc) is 2.48. The van der Waals surface area contributed by atoms with Gasteiger partial charge in [-0.15, -0.1) is 0 Å². The first-order valence-corrected chi connectivity index (χ1v) is 7.20. The van der Waals surface area contributed by atoms with Crippen LogP contribution in [0.25, 0.3) is 0 Å². The van der Waals surface area contributed by atoms with E-state index < -0.39 is 0 Å². The minimum atomic E-state index is 0.349. The fourth-order valence-corrected chi connectivity index (χ4v) is 2.78. The van der Waals surface area contributed by atoms with Crippen LogP contribution in [0.1, 0.15) is 31.2 Å². The number of aliphatic hydroxyl groups excluding tert-OH is 1. The van der Waals surface area contributed by atoms with Crippen molar-refractivity contribution in [1.82, 2.24) is 4.90 Å². The van der Waals surface area contributed by atoms with Crippen molar-refractivity contribution in [3.05, 3.63) is 29.8 Å². The molecule has 3 nitrogen and oxygen atoms in total. The molecular weight excluding hydrogens is 238 g/mol. The maximum atomic E-state index is 9.16. The summed E-state index contributed by atoms with van der Waals surface area (Å²) in [6.45, 7) is 5.96. The Morgan fingerprint density at radius 2 is 1.89 bits per heavy atom. The van der Waals surface area contributed by atoms with Crippen molar-refractivity contribution in [3.63, 3.8) is 0 Å². The summed E-state index contributed by atoms with van der Waals surface area (Å²) in [6.07, 6.45) is 2.26. The van der Waals surface area contributed by atoms with Gasteiger partial charge in [0.25, 0.3) is 0 Å². The van der Waals surface area contributed by atoms with Gasteiger partial charge in [-0.1, -0.05) is 19.1 Å². The van der Waals surface area contributed by atoms with Crippen LogP contribution in [-0.4, -0.2) is 43.4 Å². The molecule has 106 valence electrons. The summed E-state index contributed by atoms with van der Waals surface area (Å²) in [4.78, 5) is 2.51. The number of ether oxygens (including phenoxy) is 1. The maximum Gasteiger partial charge on any atom is 0.118 e. The molecule has 0 radical (unpaired) electrons. The zero-order chi connectivity index (χ0) is 13.7. The van der Waals surface area contributed by atoms with Crippen LogP contribution in [0.4, 0.5) is 0 Å². The second-order valence-electron chi connectivity index (χ2n) is 5.60. The highest BCUT2D eigenvalue weighted by atomic mass is 16.5. The third kappa shape index (κ3) is 3.95. The summed E-state index contributed by atoms with van der Waals surface area (Å²) < 4.78 is 5.19. The van der Waals surface area contributed by atoms with Crippen molar-refractivity contribution < 1.29 is 9.84 Å². The van der Waals surface area contributed by atoms with E-state index in [0.717, 1.165) is 38.2 Å². The summed E-state index contributed by atoms with van der Waals surface area (Å²) in [5.74, 6) is 1.98. The number of methoxy groups -OCH3 is 1. The lowest BCUT2D eigenvalue weighted by atomic mass is 9.95. The molecule has 2 rings (SSSR count). The Labute approximate surface area is 116 Å². The number of nitrogens with zero attached hydrogens (tertiary/aromatic N) is 1. The number of rotatable bonds is 5. The number of benzene rings is 1. The van der Waals surface area contributed by atoms with Crippen molar-refractivity contribution in [1.29, 1.82) is 0 Å². The summed E-state index contributed by atoms with van der Waals surface area (Å²) in [5, 5.41) is 9.16. The normalized spacial score (nSPS) is 19.3. The maximum absolute atomic E-state index is 9.16. The van der Waals surface area contributed by atoms with Crippen LogP contribution >= 0.6 is 0 Å². The summed E-state index contributed by atoms with van der Waals surface area (Å²) in [5.41, 5.74) is 1.37. The topological polar surface area (TPSA) is 32.7 Å². The molecular formula is C16H25NO2. The Hall–Kier alpha value is -1.06. The quantitative estimate of drug-likeness (QED) is 0.886. The molecule has 1 atom stereocenters. The van der Waals surface area contributed by atoms with Gasteiger partial charge in [0.05, 0.1) is 7.11 Å². The lowest BCUT2D eigenvalue weighted by Gasteiger charge is -2.32. The van der Waals surface area contributed by atoms with Crippen LogP contribution in [0.3, 0.4) is 0 Å². The van der Waals surface area contributed by atoms with E-state index in [4.69, 9.17) is 9.84 Å². The number of hydrogen-bond donors (Lipinski definition) is 1.